The van der Waals surface area contributed by atoms with Gasteiger partial charge in [-0.1, -0.05) is 77.3 Å². The predicted octanol–water partition coefficient (Wildman–Crippen LogP) is 6.98. The Bertz CT molecular complexity index is 790. The molecule has 0 unspecified atom stereocenters. The number of halogens is 2. The summed E-state index contributed by atoms with van der Waals surface area (Å²) >= 11 is 5.78. The molecular formula is C23H24ClFO. The summed E-state index contributed by atoms with van der Waals surface area (Å²) in [6.45, 7) is 7.56. The molecule has 0 fully saturated rings. The fourth-order valence-electron chi connectivity index (χ4n) is 2.00. The molecule has 0 N–H and O–H groups in total. The first-order chi connectivity index (χ1) is 12.3. The lowest BCUT2D eigenvalue weighted by molar-refractivity contribution is 0.101. The Morgan fingerprint density at radius 1 is 0.808 bits per heavy atom. The van der Waals surface area contributed by atoms with Crippen molar-refractivity contribution >= 4 is 17.4 Å². The number of benzene rings is 3. The summed E-state index contributed by atoms with van der Waals surface area (Å²) in [4.78, 5) is 10.6. The molecule has 26 heavy (non-hydrogen) atoms. The molecule has 0 aliphatic rings. The minimum atomic E-state index is -0.171. The molecule has 0 saturated carbocycles. The molecular weight excluding hydrogens is 347 g/mol. The Labute approximate surface area is 160 Å². The van der Waals surface area contributed by atoms with E-state index in [0.29, 0.717) is 0 Å². The Balaban J connectivity index is 0.000000195. The average Bonchev–Trinajstić information content (AvgIpc) is 2.63. The van der Waals surface area contributed by atoms with Crippen molar-refractivity contribution in [1.29, 1.82) is 0 Å². The van der Waals surface area contributed by atoms with Gasteiger partial charge in [0.15, 0.2) is 5.78 Å². The van der Waals surface area contributed by atoms with E-state index in [4.69, 9.17) is 11.6 Å². The maximum Gasteiger partial charge on any atom is 0.159 e. The van der Waals surface area contributed by atoms with Crippen molar-refractivity contribution in [3.63, 3.8) is 0 Å². The number of hydrogen-bond donors (Lipinski definition) is 0. The van der Waals surface area contributed by atoms with Crippen molar-refractivity contribution in [1.82, 2.24) is 0 Å². The average molecular weight is 371 g/mol. The van der Waals surface area contributed by atoms with Crippen LogP contribution in [0.15, 0.2) is 72.8 Å². The van der Waals surface area contributed by atoms with Crippen molar-refractivity contribution in [2.45, 2.75) is 27.7 Å². The van der Waals surface area contributed by atoms with Crippen molar-refractivity contribution in [3.05, 3.63) is 106 Å². The van der Waals surface area contributed by atoms with Gasteiger partial charge in [0.2, 0.25) is 0 Å². The van der Waals surface area contributed by atoms with Crippen LogP contribution in [0, 0.1) is 26.6 Å². The minimum absolute atomic E-state index is 0.121. The van der Waals surface area contributed by atoms with Gasteiger partial charge in [-0.05, 0) is 51.5 Å². The van der Waals surface area contributed by atoms with E-state index >= 15 is 0 Å². The van der Waals surface area contributed by atoms with Gasteiger partial charge in [-0.3, -0.25) is 4.79 Å². The zero-order chi connectivity index (χ0) is 19.5. The van der Waals surface area contributed by atoms with Crippen LogP contribution >= 0.6 is 11.6 Å². The number of carbonyl (C=O) groups is 1. The van der Waals surface area contributed by atoms with Crippen LogP contribution in [0.5, 0.6) is 0 Å². The number of ketones is 1. The summed E-state index contributed by atoms with van der Waals surface area (Å²) in [5.41, 5.74) is 4.28. The van der Waals surface area contributed by atoms with Gasteiger partial charge in [0.1, 0.15) is 5.82 Å². The Hall–Kier alpha value is -2.45. The highest BCUT2D eigenvalue weighted by atomic mass is 35.5. The van der Waals surface area contributed by atoms with Gasteiger partial charge >= 0.3 is 0 Å². The van der Waals surface area contributed by atoms with E-state index in [0.717, 1.165) is 21.7 Å². The quantitative estimate of drug-likeness (QED) is 0.422. The maximum absolute atomic E-state index is 12.1. The van der Waals surface area contributed by atoms with Gasteiger partial charge in [0, 0.05) is 10.6 Å². The minimum Gasteiger partial charge on any atom is -0.295 e. The maximum atomic E-state index is 12.1. The Morgan fingerprint density at radius 2 is 1.35 bits per heavy atom. The van der Waals surface area contributed by atoms with E-state index in [-0.39, 0.29) is 11.6 Å². The highest BCUT2D eigenvalue weighted by Gasteiger charge is 1.93. The van der Waals surface area contributed by atoms with Crippen LogP contribution in [-0.4, -0.2) is 5.78 Å². The van der Waals surface area contributed by atoms with Gasteiger partial charge in [-0.15, -0.1) is 0 Å². The first-order valence-corrected chi connectivity index (χ1v) is 8.68. The number of Topliss-reactive ketones (excluding diaryl/α,β-unsaturated/α-hetero) is 1. The number of rotatable bonds is 1. The summed E-state index contributed by atoms with van der Waals surface area (Å²) in [7, 11) is 0. The topological polar surface area (TPSA) is 17.1 Å². The van der Waals surface area contributed by atoms with Crippen LogP contribution in [0.4, 0.5) is 4.39 Å². The zero-order valence-corrected chi connectivity index (χ0v) is 16.3. The fourth-order valence-corrected chi connectivity index (χ4v) is 2.12. The molecule has 0 amide bonds. The van der Waals surface area contributed by atoms with Crippen LogP contribution in [0.3, 0.4) is 0 Å². The van der Waals surface area contributed by atoms with Crippen LogP contribution in [0.2, 0.25) is 5.02 Å². The van der Waals surface area contributed by atoms with Gasteiger partial charge in [0.05, 0.1) is 0 Å². The van der Waals surface area contributed by atoms with Crippen LogP contribution in [-0.2, 0) is 0 Å². The molecule has 3 aromatic rings. The third-order valence-corrected chi connectivity index (χ3v) is 3.93. The zero-order valence-electron chi connectivity index (χ0n) is 15.6. The van der Waals surface area contributed by atoms with Crippen molar-refractivity contribution in [2.24, 2.45) is 0 Å². The largest absolute Gasteiger partial charge is 0.295 e. The molecule has 136 valence electrons. The summed E-state index contributed by atoms with van der Waals surface area (Å²) in [5.74, 6) is -0.0498. The molecule has 1 nitrogen and oxygen atoms in total. The second-order valence-corrected chi connectivity index (χ2v) is 6.38. The summed E-state index contributed by atoms with van der Waals surface area (Å²) in [6.07, 6.45) is 0. The molecule has 0 radical (unpaired) electrons. The Kier molecular flexibility index (Phi) is 9.32. The summed E-state index contributed by atoms with van der Waals surface area (Å²) < 4.78 is 12.1. The Morgan fingerprint density at radius 3 is 1.73 bits per heavy atom. The van der Waals surface area contributed by atoms with Gasteiger partial charge in [-0.25, -0.2) is 4.39 Å². The van der Waals surface area contributed by atoms with E-state index < -0.39 is 0 Å². The standard InChI is InChI=1S/C8H9Cl.C8H8O.C7H7F/c1-6-3-4-8(9)7(2)5-6;1-7(9)8-5-3-2-4-6-8;1-6-2-4-7(8)5-3-6/h3-5H,1-2H3;2-6H,1H3;2-5H,1H3. The van der Waals surface area contributed by atoms with Crippen LogP contribution in [0.25, 0.3) is 0 Å². The summed E-state index contributed by atoms with van der Waals surface area (Å²) in [6, 6.07) is 21.6. The molecule has 0 atom stereocenters. The van der Waals surface area contributed by atoms with Gasteiger partial charge in [0.25, 0.3) is 0 Å². The second-order valence-electron chi connectivity index (χ2n) is 5.97. The first-order valence-electron chi connectivity index (χ1n) is 8.30. The van der Waals surface area contributed by atoms with Crippen molar-refractivity contribution in [3.8, 4) is 0 Å². The molecule has 3 rings (SSSR count). The smallest absolute Gasteiger partial charge is 0.159 e. The monoisotopic (exact) mass is 370 g/mol. The first kappa shape index (κ1) is 21.6. The van der Waals surface area contributed by atoms with Crippen molar-refractivity contribution < 1.29 is 9.18 Å². The molecule has 0 bridgehead atoms. The van der Waals surface area contributed by atoms with E-state index in [1.807, 2.05) is 56.3 Å². The van der Waals surface area contributed by atoms with Crippen LogP contribution < -0.4 is 0 Å². The lowest BCUT2D eigenvalue weighted by Crippen LogP contribution is -1.88. The highest BCUT2D eigenvalue weighted by Crippen LogP contribution is 2.15. The third-order valence-electron chi connectivity index (χ3n) is 3.50. The lowest BCUT2D eigenvalue weighted by atomic mass is 10.2. The van der Waals surface area contributed by atoms with Gasteiger partial charge < -0.3 is 0 Å². The predicted molar refractivity (Wildman–Crippen MR) is 109 cm³/mol. The van der Waals surface area contributed by atoms with E-state index in [2.05, 4.69) is 13.0 Å². The highest BCUT2D eigenvalue weighted by molar-refractivity contribution is 6.31. The van der Waals surface area contributed by atoms with Crippen molar-refractivity contribution in [2.75, 3.05) is 0 Å². The molecule has 3 heteroatoms. The molecule has 0 aliphatic heterocycles. The normalized spacial score (nSPS) is 9.31. The number of carbonyl (C=O) groups excluding carboxylic acids is 1. The second kappa shape index (κ2) is 11.2. The van der Waals surface area contributed by atoms with E-state index in [1.54, 1.807) is 19.1 Å². The number of aryl methyl sites for hydroxylation is 3. The molecule has 0 heterocycles. The lowest BCUT2D eigenvalue weighted by Gasteiger charge is -1.96. The molecule has 3 aromatic carbocycles. The molecule has 0 aliphatic carbocycles. The SMILES string of the molecule is CC(=O)c1ccccc1.Cc1ccc(Cl)c(C)c1.Cc1ccc(F)cc1. The van der Waals surface area contributed by atoms with E-state index in [1.165, 1.54) is 17.7 Å². The van der Waals surface area contributed by atoms with Crippen LogP contribution in [0.1, 0.15) is 34.0 Å². The molecule has 0 aromatic heterocycles. The fraction of sp³-hybridized carbons (Fsp3) is 0.174. The van der Waals surface area contributed by atoms with Gasteiger partial charge in [-0.2, -0.15) is 0 Å². The van der Waals surface area contributed by atoms with E-state index in [9.17, 15) is 9.18 Å². The molecule has 0 spiro atoms. The third kappa shape index (κ3) is 8.59. The molecule has 0 saturated heterocycles. The summed E-state index contributed by atoms with van der Waals surface area (Å²) in [5, 5.41) is 0.848. The number of hydrogen-bond acceptors (Lipinski definition) is 1.